The second kappa shape index (κ2) is 7.66. The van der Waals surface area contributed by atoms with Crippen LogP contribution < -0.4 is 4.90 Å². The Morgan fingerprint density at radius 3 is 2.52 bits per heavy atom. The monoisotopic (exact) mass is 310 g/mol. The van der Waals surface area contributed by atoms with Crippen LogP contribution in [0.5, 0.6) is 0 Å². The molecule has 1 fully saturated rings. The molecular weight excluding hydrogens is 288 g/mol. The van der Waals surface area contributed by atoms with Gasteiger partial charge < -0.3 is 14.5 Å². The lowest BCUT2D eigenvalue weighted by molar-refractivity contribution is -0.133. The lowest BCUT2D eigenvalue weighted by Crippen LogP contribution is -2.36. The summed E-state index contributed by atoms with van der Waals surface area (Å²) < 4.78 is 5.36. The van der Waals surface area contributed by atoms with Gasteiger partial charge in [0, 0.05) is 44.2 Å². The number of nitrogens with zero attached hydrogens (tertiary/aromatic N) is 2. The zero-order chi connectivity index (χ0) is 15.2. The Kier molecular flexibility index (Phi) is 5.88. The van der Waals surface area contributed by atoms with E-state index in [1.807, 2.05) is 14.0 Å². The van der Waals surface area contributed by atoms with Gasteiger partial charge >= 0.3 is 0 Å². The predicted molar refractivity (Wildman–Crippen MR) is 85.8 cm³/mol. The lowest BCUT2D eigenvalue weighted by Gasteiger charge is -2.29. The molecule has 1 atom stereocenters. The molecule has 0 saturated carbocycles. The number of hydrogen-bond donors (Lipinski definition) is 0. The van der Waals surface area contributed by atoms with Gasteiger partial charge in [0.05, 0.1) is 13.2 Å². The fraction of sp³-hybridized carbons (Fsp3) is 0.562. The summed E-state index contributed by atoms with van der Waals surface area (Å²) in [5.74, 6) is 0.311. The third-order valence-corrected chi connectivity index (χ3v) is 4.22. The zero-order valence-electron chi connectivity index (χ0n) is 12.7. The summed E-state index contributed by atoms with van der Waals surface area (Å²) in [5.41, 5.74) is 2.34. The van der Waals surface area contributed by atoms with Crippen LogP contribution in [0.2, 0.25) is 0 Å². The number of morpholine rings is 1. The van der Waals surface area contributed by atoms with Gasteiger partial charge in [0.2, 0.25) is 5.91 Å². The van der Waals surface area contributed by atoms with Crippen LogP contribution in [-0.4, -0.2) is 50.0 Å². The second-order valence-corrected chi connectivity index (χ2v) is 5.82. The van der Waals surface area contributed by atoms with Gasteiger partial charge in [0.25, 0.3) is 0 Å². The van der Waals surface area contributed by atoms with Gasteiger partial charge in [-0.2, -0.15) is 0 Å². The summed E-state index contributed by atoms with van der Waals surface area (Å²) in [6.07, 6.45) is 0. The van der Waals surface area contributed by atoms with Crippen LogP contribution in [0.3, 0.4) is 0 Å². The highest BCUT2D eigenvalue weighted by Crippen LogP contribution is 2.17. The van der Waals surface area contributed by atoms with E-state index in [2.05, 4.69) is 29.2 Å². The van der Waals surface area contributed by atoms with E-state index in [1.54, 1.807) is 4.90 Å². The highest BCUT2D eigenvalue weighted by molar-refractivity contribution is 6.19. The predicted octanol–water partition coefficient (Wildman–Crippen LogP) is 2.36. The standard InChI is InChI=1S/C16H23ClN2O2/c1-13(11-17)16(20)18(2)12-14-3-5-15(6-4-14)19-7-9-21-10-8-19/h3-6,13H,7-12H2,1-2H3. The molecule has 0 aliphatic carbocycles. The quantitative estimate of drug-likeness (QED) is 0.783. The fourth-order valence-corrected chi connectivity index (χ4v) is 2.56. The van der Waals surface area contributed by atoms with Gasteiger partial charge in [-0.25, -0.2) is 0 Å². The summed E-state index contributed by atoms with van der Waals surface area (Å²) in [6.45, 7) is 5.91. The average Bonchev–Trinajstić information content (AvgIpc) is 2.54. The first kappa shape index (κ1) is 16.1. The molecule has 21 heavy (non-hydrogen) atoms. The number of halogens is 1. The number of benzene rings is 1. The van der Waals surface area contributed by atoms with Crippen molar-refractivity contribution in [3.05, 3.63) is 29.8 Å². The summed E-state index contributed by atoms with van der Waals surface area (Å²) >= 11 is 5.74. The van der Waals surface area contributed by atoms with Gasteiger partial charge in [-0.05, 0) is 17.7 Å². The van der Waals surface area contributed by atoms with E-state index in [9.17, 15) is 4.79 Å². The molecule has 1 aliphatic rings. The highest BCUT2D eigenvalue weighted by Gasteiger charge is 2.17. The maximum Gasteiger partial charge on any atom is 0.226 e. The molecule has 1 aromatic rings. The summed E-state index contributed by atoms with van der Waals surface area (Å²) in [6, 6.07) is 8.40. The first-order chi connectivity index (χ1) is 10.1. The maximum atomic E-state index is 12.0. The van der Waals surface area contributed by atoms with Gasteiger partial charge in [-0.1, -0.05) is 19.1 Å². The van der Waals surface area contributed by atoms with Gasteiger partial charge in [-0.15, -0.1) is 11.6 Å². The molecule has 2 rings (SSSR count). The number of anilines is 1. The minimum Gasteiger partial charge on any atom is -0.378 e. The Balaban J connectivity index is 1.94. The van der Waals surface area contributed by atoms with E-state index >= 15 is 0 Å². The third kappa shape index (κ3) is 4.35. The molecule has 1 aromatic carbocycles. The van der Waals surface area contributed by atoms with E-state index in [1.165, 1.54) is 5.69 Å². The molecule has 0 bridgehead atoms. The van der Waals surface area contributed by atoms with Crippen molar-refractivity contribution in [2.75, 3.05) is 44.1 Å². The molecule has 1 unspecified atom stereocenters. The SMILES string of the molecule is CC(CCl)C(=O)N(C)Cc1ccc(N2CCOCC2)cc1. The molecule has 5 heteroatoms. The van der Waals surface area contributed by atoms with Crippen LogP contribution in [0.1, 0.15) is 12.5 Å². The van der Waals surface area contributed by atoms with Gasteiger partial charge in [-0.3, -0.25) is 4.79 Å². The Labute approximate surface area is 131 Å². The second-order valence-electron chi connectivity index (χ2n) is 5.52. The molecule has 0 N–H and O–H groups in total. The number of carbonyl (C=O) groups is 1. The summed E-state index contributed by atoms with van der Waals surface area (Å²) in [4.78, 5) is 16.1. The number of rotatable bonds is 5. The number of hydrogen-bond acceptors (Lipinski definition) is 3. The molecule has 0 radical (unpaired) electrons. The number of carbonyl (C=O) groups excluding carboxylic acids is 1. The van der Waals surface area contributed by atoms with E-state index in [0.29, 0.717) is 12.4 Å². The van der Waals surface area contributed by atoms with Gasteiger partial charge in [0.15, 0.2) is 0 Å². The lowest BCUT2D eigenvalue weighted by atomic mass is 10.1. The van der Waals surface area contributed by atoms with E-state index in [-0.39, 0.29) is 11.8 Å². The topological polar surface area (TPSA) is 32.8 Å². The molecule has 4 nitrogen and oxygen atoms in total. The maximum absolute atomic E-state index is 12.0. The van der Waals surface area contributed by atoms with E-state index < -0.39 is 0 Å². The molecule has 1 heterocycles. The molecule has 1 saturated heterocycles. The zero-order valence-corrected chi connectivity index (χ0v) is 13.5. The largest absolute Gasteiger partial charge is 0.378 e. The minimum atomic E-state index is -0.135. The first-order valence-corrected chi connectivity index (χ1v) is 7.88. The molecular formula is C16H23ClN2O2. The van der Waals surface area contributed by atoms with Gasteiger partial charge in [0.1, 0.15) is 0 Å². The van der Waals surface area contributed by atoms with Crippen LogP contribution in [0, 0.1) is 5.92 Å². The van der Waals surface area contributed by atoms with Crippen molar-refractivity contribution in [1.29, 1.82) is 0 Å². The molecule has 0 aromatic heterocycles. The molecule has 0 spiro atoms. The minimum absolute atomic E-state index is 0.0854. The average molecular weight is 311 g/mol. The molecule has 1 aliphatic heterocycles. The Hall–Kier alpha value is -1.26. The first-order valence-electron chi connectivity index (χ1n) is 7.34. The Morgan fingerprint density at radius 2 is 1.95 bits per heavy atom. The highest BCUT2D eigenvalue weighted by atomic mass is 35.5. The van der Waals surface area contributed by atoms with Crippen molar-refractivity contribution in [3.8, 4) is 0 Å². The van der Waals surface area contributed by atoms with Crippen molar-refractivity contribution in [2.45, 2.75) is 13.5 Å². The van der Waals surface area contributed by atoms with Crippen molar-refractivity contribution in [1.82, 2.24) is 4.90 Å². The van der Waals surface area contributed by atoms with Crippen molar-refractivity contribution >= 4 is 23.2 Å². The number of ether oxygens (including phenoxy) is 1. The third-order valence-electron chi connectivity index (χ3n) is 3.76. The van der Waals surface area contributed by atoms with Crippen LogP contribution in [-0.2, 0) is 16.1 Å². The smallest absolute Gasteiger partial charge is 0.226 e. The van der Waals surface area contributed by atoms with Crippen molar-refractivity contribution in [3.63, 3.8) is 0 Å². The molecule has 116 valence electrons. The number of amides is 1. The Bertz CT molecular complexity index is 458. The van der Waals surface area contributed by atoms with E-state index in [0.717, 1.165) is 31.9 Å². The van der Waals surface area contributed by atoms with E-state index in [4.69, 9.17) is 16.3 Å². The van der Waals surface area contributed by atoms with Crippen LogP contribution >= 0.6 is 11.6 Å². The molecule has 1 amide bonds. The van der Waals surface area contributed by atoms with Crippen LogP contribution in [0.15, 0.2) is 24.3 Å². The summed E-state index contributed by atoms with van der Waals surface area (Å²) in [5, 5.41) is 0. The van der Waals surface area contributed by atoms with Crippen LogP contribution in [0.25, 0.3) is 0 Å². The van der Waals surface area contributed by atoms with Crippen molar-refractivity contribution < 1.29 is 9.53 Å². The number of alkyl halides is 1. The summed E-state index contributed by atoms with van der Waals surface area (Å²) in [7, 11) is 1.82. The normalized spacial score (nSPS) is 16.6. The van der Waals surface area contributed by atoms with Crippen molar-refractivity contribution in [2.24, 2.45) is 5.92 Å². The van der Waals surface area contributed by atoms with Crippen LogP contribution in [0.4, 0.5) is 5.69 Å². The Morgan fingerprint density at radius 1 is 1.33 bits per heavy atom. The fourth-order valence-electron chi connectivity index (χ4n) is 2.43.